The van der Waals surface area contributed by atoms with Crippen LogP contribution in [0.5, 0.6) is 0 Å². The minimum Gasteiger partial charge on any atom is -0.322 e. The van der Waals surface area contributed by atoms with Crippen molar-refractivity contribution in [1.82, 2.24) is 0 Å². The van der Waals surface area contributed by atoms with Gasteiger partial charge >= 0.3 is 0 Å². The normalized spacial score (nSPS) is 13.6. The van der Waals surface area contributed by atoms with Gasteiger partial charge in [-0.15, -0.1) is 0 Å². The average Bonchev–Trinajstić information content (AvgIpc) is 2.74. The first-order chi connectivity index (χ1) is 15.2. The van der Waals surface area contributed by atoms with E-state index in [0.29, 0.717) is 24.5 Å². The number of aryl methyl sites for hydroxylation is 1. The topological polar surface area (TPSA) is 66.5 Å². The zero-order valence-corrected chi connectivity index (χ0v) is 18.0. The number of amides is 1. The molecule has 1 heterocycles. The van der Waals surface area contributed by atoms with Crippen LogP contribution in [0.25, 0.3) is 0 Å². The highest BCUT2D eigenvalue weighted by Gasteiger charge is 2.32. The lowest BCUT2D eigenvalue weighted by molar-refractivity contribution is 0.102. The third-order valence-corrected chi connectivity index (χ3v) is 7.21. The molecule has 10 heteroatoms. The maximum absolute atomic E-state index is 14.2. The lowest BCUT2D eigenvalue weighted by Gasteiger charge is -2.31. The van der Waals surface area contributed by atoms with E-state index in [1.165, 1.54) is 18.2 Å². The van der Waals surface area contributed by atoms with Gasteiger partial charge in [0.2, 0.25) is 0 Å². The van der Waals surface area contributed by atoms with Crippen molar-refractivity contribution in [2.75, 3.05) is 16.2 Å². The molecule has 0 unspecified atom stereocenters. The van der Waals surface area contributed by atoms with Crippen molar-refractivity contribution < 1.29 is 26.4 Å². The van der Waals surface area contributed by atoms with Crippen molar-refractivity contribution in [3.8, 4) is 0 Å². The number of sulfonamides is 1. The van der Waals surface area contributed by atoms with Crippen molar-refractivity contribution in [3.05, 3.63) is 88.2 Å². The minimum absolute atomic E-state index is 0.0435. The summed E-state index contributed by atoms with van der Waals surface area (Å²) in [6.07, 6.45) is 1.03. The molecule has 5 nitrogen and oxygen atoms in total. The van der Waals surface area contributed by atoms with E-state index in [4.69, 9.17) is 11.6 Å². The van der Waals surface area contributed by atoms with E-state index in [1.807, 2.05) is 0 Å². The molecule has 1 N–H and O–H groups in total. The minimum atomic E-state index is -4.41. The molecular formula is C22H16ClF3N2O3S. The van der Waals surface area contributed by atoms with Crippen LogP contribution >= 0.6 is 11.6 Å². The molecule has 4 rings (SSSR count). The monoisotopic (exact) mass is 480 g/mol. The van der Waals surface area contributed by atoms with Crippen LogP contribution in [0.1, 0.15) is 22.3 Å². The third-order valence-electron chi connectivity index (χ3n) is 5.07. The quantitative estimate of drug-likeness (QED) is 0.561. The summed E-state index contributed by atoms with van der Waals surface area (Å²) in [6, 6.07) is 10.6. The fourth-order valence-corrected chi connectivity index (χ4v) is 5.43. The fourth-order valence-electron chi connectivity index (χ4n) is 3.57. The third kappa shape index (κ3) is 4.05. The summed E-state index contributed by atoms with van der Waals surface area (Å²) in [7, 11) is -4.41. The molecule has 3 aromatic carbocycles. The van der Waals surface area contributed by atoms with Gasteiger partial charge in [0.15, 0.2) is 0 Å². The Hall–Kier alpha value is -3.04. The smallest absolute Gasteiger partial charge is 0.267 e. The summed E-state index contributed by atoms with van der Waals surface area (Å²) >= 11 is 5.93. The summed E-state index contributed by atoms with van der Waals surface area (Å²) in [5.41, 5.74) is 0.712. The van der Waals surface area contributed by atoms with Crippen molar-refractivity contribution in [3.63, 3.8) is 0 Å². The first-order valence-corrected chi connectivity index (χ1v) is 11.4. The summed E-state index contributed by atoms with van der Waals surface area (Å²) in [5.74, 6) is -3.57. The van der Waals surface area contributed by atoms with Gasteiger partial charge < -0.3 is 5.32 Å². The molecule has 0 radical (unpaired) electrons. The van der Waals surface area contributed by atoms with Crippen LogP contribution < -0.4 is 9.62 Å². The van der Waals surface area contributed by atoms with E-state index in [0.717, 1.165) is 22.5 Å². The molecule has 0 bridgehead atoms. The van der Waals surface area contributed by atoms with Crippen LogP contribution in [0, 0.1) is 17.5 Å². The molecular weight excluding hydrogens is 465 g/mol. The number of nitrogens with zero attached hydrogens (tertiary/aromatic N) is 1. The van der Waals surface area contributed by atoms with Crippen molar-refractivity contribution in [2.24, 2.45) is 0 Å². The zero-order chi connectivity index (χ0) is 23.0. The van der Waals surface area contributed by atoms with Gasteiger partial charge in [-0.2, -0.15) is 0 Å². The summed E-state index contributed by atoms with van der Waals surface area (Å²) in [5, 5.41) is 2.43. The highest BCUT2D eigenvalue weighted by molar-refractivity contribution is 7.92. The largest absolute Gasteiger partial charge is 0.322 e. The second-order valence-corrected chi connectivity index (χ2v) is 9.39. The lowest BCUT2D eigenvalue weighted by atomic mass is 10.0. The Morgan fingerprint density at radius 3 is 2.53 bits per heavy atom. The molecule has 166 valence electrons. The molecule has 0 atom stereocenters. The number of carbonyl (C=O) groups excluding carboxylic acids is 1. The Bertz CT molecular complexity index is 1310. The summed E-state index contributed by atoms with van der Waals surface area (Å²) in [6.45, 7) is 0.0435. The van der Waals surface area contributed by atoms with E-state index < -0.39 is 38.3 Å². The van der Waals surface area contributed by atoms with Crippen LogP contribution in [0.4, 0.5) is 24.5 Å². The van der Waals surface area contributed by atoms with Gasteiger partial charge in [0, 0.05) is 12.2 Å². The number of anilines is 2. The number of benzene rings is 3. The Morgan fingerprint density at radius 1 is 1.00 bits per heavy atom. The van der Waals surface area contributed by atoms with Crippen molar-refractivity contribution >= 4 is 38.9 Å². The second kappa shape index (κ2) is 8.48. The molecule has 32 heavy (non-hydrogen) atoms. The van der Waals surface area contributed by atoms with Gasteiger partial charge in [0.1, 0.15) is 22.3 Å². The Labute approximate surface area is 187 Å². The standard InChI is InChI=1S/C22H16ClF3N2O3S/c23-16-4-1-5-18(26)21(16)22(29)27-15-8-6-13-3-2-10-28(19(13)12-15)32(30,31)20-11-14(24)7-9-17(20)25/h1,4-9,11-12H,2-3,10H2,(H,27,29). The molecule has 3 aromatic rings. The van der Waals surface area contributed by atoms with E-state index in [9.17, 15) is 26.4 Å². The molecule has 1 aliphatic heterocycles. The van der Waals surface area contributed by atoms with Crippen LogP contribution in [-0.4, -0.2) is 20.9 Å². The van der Waals surface area contributed by atoms with Gasteiger partial charge in [-0.25, -0.2) is 21.6 Å². The van der Waals surface area contributed by atoms with Crippen LogP contribution in [0.3, 0.4) is 0 Å². The van der Waals surface area contributed by atoms with Gasteiger partial charge in [-0.1, -0.05) is 23.7 Å². The Balaban J connectivity index is 1.71. The predicted molar refractivity (Wildman–Crippen MR) is 115 cm³/mol. The van der Waals surface area contributed by atoms with Crippen LogP contribution in [-0.2, 0) is 16.4 Å². The number of nitrogens with one attached hydrogen (secondary N) is 1. The van der Waals surface area contributed by atoms with Gasteiger partial charge in [-0.3, -0.25) is 9.10 Å². The highest BCUT2D eigenvalue weighted by Crippen LogP contribution is 2.35. The van der Waals surface area contributed by atoms with Gasteiger partial charge in [-0.05, 0) is 60.9 Å². The number of carbonyl (C=O) groups is 1. The van der Waals surface area contributed by atoms with E-state index in [1.54, 1.807) is 12.1 Å². The fraction of sp³-hybridized carbons (Fsp3) is 0.136. The molecule has 0 spiro atoms. The Kier molecular flexibility index (Phi) is 5.87. The highest BCUT2D eigenvalue weighted by atomic mass is 35.5. The molecule has 1 aliphatic rings. The second-order valence-electron chi connectivity index (χ2n) is 7.15. The Morgan fingerprint density at radius 2 is 1.78 bits per heavy atom. The molecule has 0 aromatic heterocycles. The zero-order valence-electron chi connectivity index (χ0n) is 16.4. The van der Waals surface area contributed by atoms with Crippen LogP contribution in [0.2, 0.25) is 5.02 Å². The molecule has 0 saturated heterocycles. The average molecular weight is 481 g/mol. The number of fused-ring (bicyclic) bond motifs is 1. The maximum Gasteiger partial charge on any atom is 0.267 e. The van der Waals surface area contributed by atoms with E-state index >= 15 is 0 Å². The van der Waals surface area contributed by atoms with Crippen molar-refractivity contribution in [1.29, 1.82) is 0 Å². The molecule has 0 aliphatic carbocycles. The van der Waals surface area contributed by atoms with Crippen molar-refractivity contribution in [2.45, 2.75) is 17.7 Å². The maximum atomic E-state index is 14.2. The first kappa shape index (κ1) is 22.2. The summed E-state index contributed by atoms with van der Waals surface area (Å²) < 4.78 is 69.2. The van der Waals surface area contributed by atoms with E-state index in [2.05, 4.69) is 5.32 Å². The SMILES string of the molecule is O=C(Nc1ccc2c(c1)N(S(=O)(=O)c1cc(F)ccc1F)CCC2)c1c(F)cccc1Cl. The first-order valence-electron chi connectivity index (χ1n) is 9.54. The molecule has 1 amide bonds. The molecule has 0 fully saturated rings. The molecule has 0 saturated carbocycles. The summed E-state index contributed by atoms with van der Waals surface area (Å²) in [4.78, 5) is 11.8. The van der Waals surface area contributed by atoms with Gasteiger partial charge in [0.25, 0.3) is 15.9 Å². The lowest BCUT2D eigenvalue weighted by Crippen LogP contribution is -2.36. The number of rotatable bonds is 4. The van der Waals surface area contributed by atoms with E-state index in [-0.39, 0.29) is 28.5 Å². The number of hydrogen-bond acceptors (Lipinski definition) is 3. The van der Waals surface area contributed by atoms with Crippen LogP contribution in [0.15, 0.2) is 59.5 Å². The number of hydrogen-bond donors (Lipinski definition) is 1. The number of halogens is 4. The predicted octanol–water partition coefficient (Wildman–Crippen LogP) is 5.15. The van der Waals surface area contributed by atoms with Gasteiger partial charge in [0.05, 0.1) is 16.3 Å².